The van der Waals surface area contributed by atoms with Gasteiger partial charge >= 0.3 is 5.97 Å². The number of nitrogens with zero attached hydrogens (tertiary/aromatic N) is 1. The minimum atomic E-state index is -1.05. The summed E-state index contributed by atoms with van der Waals surface area (Å²) in [6.07, 6.45) is 1.10. The summed E-state index contributed by atoms with van der Waals surface area (Å²) in [4.78, 5) is 26.4. The van der Waals surface area contributed by atoms with E-state index in [1.165, 1.54) is 22.3 Å². The van der Waals surface area contributed by atoms with Crippen LogP contribution in [0.5, 0.6) is 0 Å². The maximum absolute atomic E-state index is 11.8. The number of amides is 1. The van der Waals surface area contributed by atoms with Crippen LogP contribution in [0.25, 0.3) is 0 Å². The van der Waals surface area contributed by atoms with E-state index in [0.29, 0.717) is 17.8 Å². The highest BCUT2D eigenvalue weighted by molar-refractivity contribution is 7.09. The van der Waals surface area contributed by atoms with Gasteiger partial charge in [0.05, 0.1) is 6.54 Å². The molecule has 0 aliphatic rings. The molecule has 0 unspecified atom stereocenters. The predicted octanol–water partition coefficient (Wildman–Crippen LogP) is 2.40. The Morgan fingerprint density at radius 2 is 2.10 bits per heavy atom. The molecular weight excluding hydrogens is 288 g/mol. The van der Waals surface area contributed by atoms with Gasteiger partial charge in [-0.15, -0.1) is 11.3 Å². The first-order valence-electron chi connectivity index (χ1n) is 6.55. The molecule has 0 aliphatic heterocycles. The largest absolute Gasteiger partial charge is 0.476 e. The number of carboxylic acid groups (broad SMARTS) is 1. The Hall–Kier alpha value is -2.21. The van der Waals surface area contributed by atoms with Crippen molar-refractivity contribution in [2.75, 3.05) is 0 Å². The maximum Gasteiger partial charge on any atom is 0.355 e. The van der Waals surface area contributed by atoms with E-state index in [1.54, 1.807) is 0 Å². The molecule has 0 atom stereocenters. The third-order valence-electron chi connectivity index (χ3n) is 3.09. The molecule has 0 aliphatic carbocycles. The third kappa shape index (κ3) is 4.39. The highest BCUT2D eigenvalue weighted by atomic mass is 32.1. The van der Waals surface area contributed by atoms with Crippen LogP contribution in [0, 0.1) is 6.92 Å². The third-order valence-corrected chi connectivity index (χ3v) is 3.94. The van der Waals surface area contributed by atoms with Gasteiger partial charge < -0.3 is 10.4 Å². The van der Waals surface area contributed by atoms with E-state index in [9.17, 15) is 9.59 Å². The fraction of sp³-hybridized carbons (Fsp3) is 0.267. The molecule has 6 heteroatoms. The predicted molar refractivity (Wildman–Crippen MR) is 80.4 cm³/mol. The smallest absolute Gasteiger partial charge is 0.355 e. The standard InChI is InChI=1S/C15H16N2O3S/c1-10-4-2-3-5-11(10)6-7-13(18)16-8-14-17-12(9-21-14)15(19)20/h2-5,9H,6-8H2,1H3,(H,16,18)(H,19,20). The summed E-state index contributed by atoms with van der Waals surface area (Å²) in [7, 11) is 0. The van der Waals surface area contributed by atoms with Crippen LogP contribution in [-0.4, -0.2) is 22.0 Å². The number of carboxylic acids is 1. The van der Waals surface area contributed by atoms with Crippen LogP contribution in [0.2, 0.25) is 0 Å². The van der Waals surface area contributed by atoms with Gasteiger partial charge in [-0.25, -0.2) is 9.78 Å². The number of hydrogen-bond donors (Lipinski definition) is 2. The summed E-state index contributed by atoms with van der Waals surface area (Å²) < 4.78 is 0. The van der Waals surface area contributed by atoms with Crippen molar-refractivity contribution >= 4 is 23.2 Å². The van der Waals surface area contributed by atoms with Gasteiger partial charge in [-0.3, -0.25) is 4.79 Å². The number of aromatic nitrogens is 1. The Morgan fingerprint density at radius 1 is 1.33 bits per heavy atom. The van der Waals surface area contributed by atoms with Crippen molar-refractivity contribution in [3.8, 4) is 0 Å². The van der Waals surface area contributed by atoms with Crippen molar-refractivity contribution in [3.63, 3.8) is 0 Å². The first-order valence-corrected chi connectivity index (χ1v) is 7.43. The zero-order chi connectivity index (χ0) is 15.2. The summed E-state index contributed by atoms with van der Waals surface area (Å²) >= 11 is 1.23. The number of aromatic carboxylic acids is 1. The molecule has 0 spiro atoms. The molecule has 2 rings (SSSR count). The summed E-state index contributed by atoms with van der Waals surface area (Å²) in [6, 6.07) is 7.98. The number of thiazole rings is 1. The topological polar surface area (TPSA) is 79.3 Å². The molecule has 1 heterocycles. The summed E-state index contributed by atoms with van der Waals surface area (Å²) in [5.41, 5.74) is 2.36. The molecule has 5 nitrogen and oxygen atoms in total. The molecule has 1 amide bonds. The number of benzene rings is 1. The number of aryl methyl sites for hydroxylation is 2. The lowest BCUT2D eigenvalue weighted by Gasteiger charge is -2.06. The second kappa shape index (κ2) is 6.99. The molecule has 0 bridgehead atoms. The Labute approximate surface area is 126 Å². The first kappa shape index (κ1) is 15.2. The number of carbonyl (C=O) groups excluding carboxylic acids is 1. The number of carbonyl (C=O) groups is 2. The molecule has 0 fully saturated rings. The van der Waals surface area contributed by atoms with Crippen molar-refractivity contribution in [1.82, 2.24) is 10.3 Å². The highest BCUT2D eigenvalue weighted by Gasteiger charge is 2.09. The van der Waals surface area contributed by atoms with Crippen LogP contribution < -0.4 is 5.32 Å². The van der Waals surface area contributed by atoms with Gasteiger partial charge in [0.25, 0.3) is 0 Å². The Balaban J connectivity index is 1.79. The minimum Gasteiger partial charge on any atom is -0.476 e. The molecule has 1 aromatic heterocycles. The van der Waals surface area contributed by atoms with Gasteiger partial charge in [0, 0.05) is 11.8 Å². The minimum absolute atomic E-state index is 0.0177. The first-order chi connectivity index (χ1) is 10.1. The van der Waals surface area contributed by atoms with Gasteiger partial charge in [0.2, 0.25) is 5.91 Å². The second-order valence-electron chi connectivity index (χ2n) is 4.63. The molecule has 2 N–H and O–H groups in total. The maximum atomic E-state index is 11.8. The lowest BCUT2D eigenvalue weighted by Crippen LogP contribution is -2.23. The fourth-order valence-electron chi connectivity index (χ4n) is 1.89. The van der Waals surface area contributed by atoms with Crippen molar-refractivity contribution < 1.29 is 14.7 Å². The zero-order valence-corrected chi connectivity index (χ0v) is 12.4. The van der Waals surface area contributed by atoms with Gasteiger partial charge in [0.15, 0.2) is 5.69 Å². The van der Waals surface area contributed by atoms with E-state index in [1.807, 2.05) is 31.2 Å². The lowest BCUT2D eigenvalue weighted by molar-refractivity contribution is -0.121. The number of rotatable bonds is 6. The monoisotopic (exact) mass is 304 g/mol. The van der Waals surface area contributed by atoms with Crippen LogP contribution in [-0.2, 0) is 17.8 Å². The molecule has 0 saturated carbocycles. The normalized spacial score (nSPS) is 10.3. The number of hydrogen-bond acceptors (Lipinski definition) is 4. The Morgan fingerprint density at radius 3 is 2.76 bits per heavy atom. The molecular formula is C15H16N2O3S. The van der Waals surface area contributed by atoms with Crippen LogP contribution in [0.15, 0.2) is 29.6 Å². The van der Waals surface area contributed by atoms with Crippen LogP contribution >= 0.6 is 11.3 Å². The lowest BCUT2D eigenvalue weighted by atomic mass is 10.0. The van der Waals surface area contributed by atoms with Crippen LogP contribution in [0.4, 0.5) is 0 Å². The Bertz CT molecular complexity index is 652. The fourth-order valence-corrected chi connectivity index (χ4v) is 2.60. The van der Waals surface area contributed by atoms with E-state index in [0.717, 1.165) is 5.56 Å². The quantitative estimate of drug-likeness (QED) is 0.859. The van der Waals surface area contributed by atoms with Crippen LogP contribution in [0.3, 0.4) is 0 Å². The average molecular weight is 304 g/mol. The number of nitrogens with one attached hydrogen (secondary N) is 1. The van der Waals surface area contributed by atoms with E-state index in [-0.39, 0.29) is 18.1 Å². The van der Waals surface area contributed by atoms with Gasteiger partial charge in [-0.05, 0) is 24.5 Å². The van der Waals surface area contributed by atoms with Crippen molar-refractivity contribution in [1.29, 1.82) is 0 Å². The molecule has 0 saturated heterocycles. The molecule has 110 valence electrons. The van der Waals surface area contributed by atoms with E-state index >= 15 is 0 Å². The van der Waals surface area contributed by atoms with E-state index in [2.05, 4.69) is 10.3 Å². The molecule has 0 radical (unpaired) electrons. The molecule has 21 heavy (non-hydrogen) atoms. The van der Waals surface area contributed by atoms with Gasteiger partial charge in [-0.2, -0.15) is 0 Å². The SMILES string of the molecule is Cc1ccccc1CCC(=O)NCc1nc(C(=O)O)cs1. The second-order valence-corrected chi connectivity index (χ2v) is 5.58. The molecule has 2 aromatic rings. The Kier molecular flexibility index (Phi) is 5.05. The van der Waals surface area contributed by atoms with Crippen molar-refractivity contribution in [3.05, 3.63) is 51.5 Å². The van der Waals surface area contributed by atoms with Crippen molar-refractivity contribution in [2.24, 2.45) is 0 Å². The molecule has 1 aromatic carbocycles. The van der Waals surface area contributed by atoms with Gasteiger partial charge in [0.1, 0.15) is 5.01 Å². The van der Waals surface area contributed by atoms with Gasteiger partial charge in [-0.1, -0.05) is 24.3 Å². The van der Waals surface area contributed by atoms with E-state index in [4.69, 9.17) is 5.11 Å². The zero-order valence-electron chi connectivity index (χ0n) is 11.6. The summed E-state index contributed by atoms with van der Waals surface area (Å²) in [6.45, 7) is 2.29. The summed E-state index contributed by atoms with van der Waals surface area (Å²) in [5.74, 6) is -1.12. The highest BCUT2D eigenvalue weighted by Crippen LogP contribution is 2.11. The average Bonchev–Trinajstić information content (AvgIpc) is 2.93. The van der Waals surface area contributed by atoms with E-state index < -0.39 is 5.97 Å². The summed E-state index contributed by atoms with van der Waals surface area (Å²) in [5, 5.41) is 13.6. The van der Waals surface area contributed by atoms with Crippen molar-refractivity contribution in [2.45, 2.75) is 26.3 Å². The van der Waals surface area contributed by atoms with Crippen LogP contribution in [0.1, 0.15) is 33.0 Å².